The molecule has 0 spiro atoms. The van der Waals surface area contributed by atoms with Gasteiger partial charge in [0.2, 0.25) is 11.8 Å². The molecule has 2 N–H and O–H groups in total. The maximum Gasteiger partial charge on any atom is 0.274 e. The highest BCUT2D eigenvalue weighted by Gasteiger charge is 2.36. The zero-order valence-corrected chi connectivity index (χ0v) is 17.0. The molecular weight excluding hydrogens is 437 g/mol. The molecule has 2 heterocycles. The molecule has 0 radical (unpaired) electrons. The van der Waals surface area contributed by atoms with E-state index >= 15 is 0 Å². The number of carbonyl (C=O) groups is 3. The molecule has 1 aliphatic heterocycles. The second-order valence-electron chi connectivity index (χ2n) is 7.35. The van der Waals surface area contributed by atoms with Crippen LogP contribution in [-0.2, 0) is 9.59 Å². The zero-order chi connectivity index (χ0) is 23.5. The minimum Gasteiger partial charge on any atom is -0.324 e. The maximum absolute atomic E-state index is 14.1. The summed E-state index contributed by atoms with van der Waals surface area (Å²) in [7, 11) is 0. The molecule has 0 bridgehead atoms. The van der Waals surface area contributed by atoms with Crippen LogP contribution in [0.25, 0.3) is 0 Å². The van der Waals surface area contributed by atoms with Crippen LogP contribution in [0.15, 0.2) is 60.8 Å². The van der Waals surface area contributed by atoms with Gasteiger partial charge in [-0.3, -0.25) is 19.4 Å². The number of anilines is 3. The van der Waals surface area contributed by atoms with Gasteiger partial charge in [0.1, 0.15) is 23.1 Å². The third kappa shape index (κ3) is 4.84. The molecule has 10 heteroatoms. The normalized spacial score (nSPS) is 15.4. The van der Waals surface area contributed by atoms with Crippen LogP contribution in [0, 0.1) is 23.4 Å². The largest absolute Gasteiger partial charge is 0.324 e. The fourth-order valence-electron chi connectivity index (χ4n) is 3.46. The molecule has 1 unspecified atom stereocenters. The first-order valence-electron chi connectivity index (χ1n) is 9.90. The summed E-state index contributed by atoms with van der Waals surface area (Å²) in [4.78, 5) is 42.6. The molecule has 1 atom stereocenters. The van der Waals surface area contributed by atoms with Gasteiger partial charge in [0.05, 0.1) is 23.0 Å². The van der Waals surface area contributed by atoms with Gasteiger partial charge in [-0.15, -0.1) is 0 Å². The van der Waals surface area contributed by atoms with E-state index in [0.717, 1.165) is 29.2 Å². The first-order valence-corrected chi connectivity index (χ1v) is 9.90. The Balaban J connectivity index is 1.50. The number of pyridine rings is 1. The van der Waals surface area contributed by atoms with Crippen LogP contribution in [-0.4, -0.2) is 29.3 Å². The summed E-state index contributed by atoms with van der Waals surface area (Å²) in [5.74, 6) is -4.93. The van der Waals surface area contributed by atoms with Crippen molar-refractivity contribution in [1.29, 1.82) is 0 Å². The Morgan fingerprint density at radius 3 is 2.42 bits per heavy atom. The molecule has 7 nitrogen and oxygen atoms in total. The van der Waals surface area contributed by atoms with Gasteiger partial charge in [-0.1, -0.05) is 6.07 Å². The number of carbonyl (C=O) groups excluding carboxylic acids is 3. The Morgan fingerprint density at radius 2 is 1.70 bits per heavy atom. The standard InChI is InChI=1S/C23H17F3N4O3/c24-14-5-7-20(16(26)10-14)30-12-13(9-21(30)31)22(32)29-19-11-15(25)4-6-17(19)28-23(33)18-3-1-2-8-27-18/h1-8,10-11,13H,9,12H2,(H,28,33)(H,29,32). The van der Waals surface area contributed by atoms with Gasteiger partial charge in [-0.25, -0.2) is 13.2 Å². The number of hydrogen-bond donors (Lipinski definition) is 2. The summed E-state index contributed by atoms with van der Waals surface area (Å²) in [5, 5.41) is 5.08. The van der Waals surface area contributed by atoms with Crippen molar-refractivity contribution in [3.63, 3.8) is 0 Å². The van der Waals surface area contributed by atoms with Crippen molar-refractivity contribution in [3.05, 3.63) is 83.9 Å². The van der Waals surface area contributed by atoms with Crippen LogP contribution in [0.3, 0.4) is 0 Å². The maximum atomic E-state index is 14.1. The Kier molecular flexibility index (Phi) is 6.07. The van der Waals surface area contributed by atoms with Gasteiger partial charge in [0.25, 0.3) is 5.91 Å². The van der Waals surface area contributed by atoms with E-state index in [9.17, 15) is 27.6 Å². The predicted octanol–water partition coefficient (Wildman–Crippen LogP) is 3.74. The minimum absolute atomic E-state index is 0.0110. The highest BCUT2D eigenvalue weighted by atomic mass is 19.1. The number of nitrogens with one attached hydrogen (secondary N) is 2. The summed E-state index contributed by atoms with van der Waals surface area (Å²) in [5.41, 5.74) is 0.109. The lowest BCUT2D eigenvalue weighted by Gasteiger charge is -2.18. The number of amides is 3. The van der Waals surface area contributed by atoms with Crippen LogP contribution < -0.4 is 15.5 Å². The Morgan fingerprint density at radius 1 is 0.939 bits per heavy atom. The van der Waals surface area contributed by atoms with E-state index in [-0.39, 0.29) is 35.7 Å². The van der Waals surface area contributed by atoms with Crippen molar-refractivity contribution in [2.24, 2.45) is 5.92 Å². The van der Waals surface area contributed by atoms with E-state index in [1.807, 2.05) is 0 Å². The lowest BCUT2D eigenvalue weighted by molar-refractivity contribution is -0.122. The first-order chi connectivity index (χ1) is 15.8. The molecule has 3 amide bonds. The molecule has 0 aliphatic carbocycles. The molecule has 1 aliphatic rings. The van der Waals surface area contributed by atoms with Gasteiger partial charge < -0.3 is 15.5 Å². The number of hydrogen-bond acceptors (Lipinski definition) is 4. The lowest BCUT2D eigenvalue weighted by atomic mass is 10.1. The van der Waals surface area contributed by atoms with E-state index < -0.39 is 41.1 Å². The van der Waals surface area contributed by atoms with E-state index in [1.165, 1.54) is 18.3 Å². The number of nitrogens with zero attached hydrogens (tertiary/aromatic N) is 2. The molecule has 1 fully saturated rings. The average molecular weight is 454 g/mol. The van der Waals surface area contributed by atoms with Gasteiger partial charge in [0, 0.05) is 25.2 Å². The van der Waals surface area contributed by atoms with Crippen LogP contribution in [0.1, 0.15) is 16.9 Å². The second-order valence-corrected chi connectivity index (χ2v) is 7.35. The van der Waals surface area contributed by atoms with E-state index in [1.54, 1.807) is 12.1 Å². The predicted molar refractivity (Wildman–Crippen MR) is 114 cm³/mol. The van der Waals surface area contributed by atoms with E-state index in [4.69, 9.17) is 0 Å². The smallest absolute Gasteiger partial charge is 0.274 e. The number of halogens is 3. The number of benzene rings is 2. The van der Waals surface area contributed by atoms with E-state index in [2.05, 4.69) is 15.6 Å². The topological polar surface area (TPSA) is 91.4 Å². The number of aromatic nitrogens is 1. The summed E-state index contributed by atoms with van der Waals surface area (Å²) in [6.45, 7) is -0.141. The summed E-state index contributed by atoms with van der Waals surface area (Å²) in [6.07, 6.45) is 1.22. The first kappa shape index (κ1) is 22.0. The molecular formula is C23H17F3N4O3. The van der Waals surface area contributed by atoms with Gasteiger partial charge in [0.15, 0.2) is 0 Å². The van der Waals surface area contributed by atoms with E-state index in [0.29, 0.717) is 6.07 Å². The fourth-order valence-corrected chi connectivity index (χ4v) is 3.46. The minimum atomic E-state index is -0.922. The summed E-state index contributed by atoms with van der Waals surface area (Å²) in [6, 6.07) is 11.0. The monoisotopic (exact) mass is 454 g/mol. The highest BCUT2D eigenvalue weighted by molar-refractivity contribution is 6.08. The van der Waals surface area contributed by atoms with Crippen molar-refractivity contribution in [3.8, 4) is 0 Å². The Bertz CT molecular complexity index is 1240. The van der Waals surface area contributed by atoms with Crippen LogP contribution >= 0.6 is 0 Å². The molecule has 1 aromatic heterocycles. The molecule has 168 valence electrons. The SMILES string of the molecule is O=C(Nc1ccc(F)cc1NC(=O)C1CC(=O)N(c2ccc(F)cc2F)C1)c1ccccn1. The molecule has 0 saturated carbocycles. The Labute approximate surface area is 186 Å². The van der Waals surface area contributed by atoms with Crippen molar-refractivity contribution < 1.29 is 27.6 Å². The molecule has 3 aromatic rings. The fraction of sp³-hybridized carbons (Fsp3) is 0.130. The third-order valence-corrected chi connectivity index (χ3v) is 5.08. The summed E-state index contributed by atoms with van der Waals surface area (Å²) < 4.78 is 41.1. The highest BCUT2D eigenvalue weighted by Crippen LogP contribution is 2.30. The van der Waals surface area contributed by atoms with Crippen LogP contribution in [0.4, 0.5) is 30.2 Å². The van der Waals surface area contributed by atoms with Crippen LogP contribution in [0.2, 0.25) is 0 Å². The van der Waals surface area contributed by atoms with Gasteiger partial charge >= 0.3 is 0 Å². The van der Waals surface area contributed by atoms with Gasteiger partial charge in [-0.2, -0.15) is 0 Å². The van der Waals surface area contributed by atoms with Crippen molar-refractivity contribution >= 4 is 34.8 Å². The average Bonchev–Trinajstić information content (AvgIpc) is 3.17. The third-order valence-electron chi connectivity index (χ3n) is 5.08. The lowest BCUT2D eigenvalue weighted by Crippen LogP contribution is -2.29. The van der Waals surface area contributed by atoms with Crippen molar-refractivity contribution in [2.45, 2.75) is 6.42 Å². The quantitative estimate of drug-likeness (QED) is 0.615. The molecule has 1 saturated heterocycles. The zero-order valence-electron chi connectivity index (χ0n) is 17.0. The molecule has 2 aromatic carbocycles. The molecule has 33 heavy (non-hydrogen) atoms. The van der Waals surface area contributed by atoms with Crippen LogP contribution in [0.5, 0.6) is 0 Å². The summed E-state index contributed by atoms with van der Waals surface area (Å²) >= 11 is 0. The number of rotatable bonds is 5. The molecule has 4 rings (SSSR count). The van der Waals surface area contributed by atoms with Crippen molar-refractivity contribution in [2.75, 3.05) is 22.1 Å². The van der Waals surface area contributed by atoms with Gasteiger partial charge in [-0.05, 0) is 42.5 Å². The Hall–Kier alpha value is -4.21. The van der Waals surface area contributed by atoms with Crippen molar-refractivity contribution in [1.82, 2.24) is 4.98 Å². The second kappa shape index (κ2) is 9.11.